The molecule has 0 fully saturated rings. The topological polar surface area (TPSA) is 42.0 Å². The van der Waals surface area contributed by atoms with Crippen LogP contribution in [0.4, 0.5) is 0 Å². The summed E-state index contributed by atoms with van der Waals surface area (Å²) in [5, 5.41) is 4.03. The third-order valence-electron chi connectivity index (χ3n) is 5.51. The zero-order valence-corrected chi connectivity index (χ0v) is 17.6. The van der Waals surface area contributed by atoms with Crippen LogP contribution in [0.2, 0.25) is 0 Å². The van der Waals surface area contributed by atoms with Crippen LogP contribution >= 0.6 is 0 Å². The van der Waals surface area contributed by atoms with Crippen LogP contribution in [-0.2, 0) is 6.42 Å². The van der Waals surface area contributed by atoms with Crippen molar-refractivity contribution in [3.63, 3.8) is 0 Å². The fourth-order valence-electron chi connectivity index (χ4n) is 3.72. The van der Waals surface area contributed by atoms with Crippen molar-refractivity contribution < 1.29 is 4.79 Å². The highest BCUT2D eigenvalue weighted by Gasteiger charge is 2.16. The Kier molecular flexibility index (Phi) is 5.62. The number of nitrogens with one attached hydrogen (secondary N) is 1. The van der Waals surface area contributed by atoms with Gasteiger partial charge in [-0.2, -0.15) is 0 Å². The first-order chi connectivity index (χ1) is 14.5. The van der Waals surface area contributed by atoms with Gasteiger partial charge in [0.25, 0.3) is 5.91 Å². The van der Waals surface area contributed by atoms with E-state index in [0.717, 1.165) is 39.7 Å². The van der Waals surface area contributed by atoms with Crippen molar-refractivity contribution in [1.29, 1.82) is 0 Å². The van der Waals surface area contributed by atoms with Crippen LogP contribution in [0.25, 0.3) is 22.2 Å². The van der Waals surface area contributed by atoms with Crippen molar-refractivity contribution in [3.8, 4) is 11.3 Å². The number of carbonyl (C=O) groups is 1. The van der Waals surface area contributed by atoms with E-state index in [1.807, 2.05) is 49.4 Å². The fraction of sp³-hybridized carbons (Fsp3) is 0.185. The number of hydrogen-bond acceptors (Lipinski definition) is 2. The Labute approximate surface area is 177 Å². The van der Waals surface area contributed by atoms with Gasteiger partial charge < -0.3 is 5.32 Å². The molecule has 1 aromatic heterocycles. The van der Waals surface area contributed by atoms with Crippen molar-refractivity contribution in [3.05, 3.63) is 101 Å². The van der Waals surface area contributed by atoms with Gasteiger partial charge >= 0.3 is 0 Å². The minimum atomic E-state index is -0.0884. The highest BCUT2D eigenvalue weighted by atomic mass is 16.1. The predicted molar refractivity (Wildman–Crippen MR) is 124 cm³/mol. The molecule has 0 aliphatic heterocycles. The molecule has 0 bridgehead atoms. The first-order valence-electron chi connectivity index (χ1n) is 10.4. The summed E-state index contributed by atoms with van der Waals surface area (Å²) in [6.07, 6.45) is 1.01. The maximum atomic E-state index is 13.3. The molecule has 1 amide bonds. The van der Waals surface area contributed by atoms with Crippen LogP contribution in [0.1, 0.15) is 46.9 Å². The molecule has 3 heteroatoms. The quantitative estimate of drug-likeness (QED) is 0.434. The van der Waals surface area contributed by atoms with Crippen molar-refractivity contribution in [2.75, 3.05) is 0 Å². The molecule has 150 valence electrons. The number of hydrogen-bond donors (Lipinski definition) is 1. The number of para-hydroxylation sites is 1. The Morgan fingerprint density at radius 3 is 2.47 bits per heavy atom. The number of aromatic nitrogens is 1. The molecule has 0 spiro atoms. The second kappa shape index (κ2) is 8.50. The third-order valence-corrected chi connectivity index (χ3v) is 5.51. The lowest BCUT2D eigenvalue weighted by molar-refractivity contribution is 0.0941. The van der Waals surface area contributed by atoms with Gasteiger partial charge in [0.15, 0.2) is 0 Å². The first-order valence-corrected chi connectivity index (χ1v) is 10.4. The molecule has 1 atom stereocenters. The minimum absolute atomic E-state index is 0.0854. The van der Waals surface area contributed by atoms with E-state index < -0.39 is 0 Å². The van der Waals surface area contributed by atoms with E-state index in [1.165, 1.54) is 5.56 Å². The zero-order valence-electron chi connectivity index (χ0n) is 17.6. The van der Waals surface area contributed by atoms with E-state index in [-0.39, 0.29) is 11.9 Å². The van der Waals surface area contributed by atoms with Crippen molar-refractivity contribution >= 4 is 16.8 Å². The lowest BCUT2D eigenvalue weighted by Gasteiger charge is -2.16. The first kappa shape index (κ1) is 19.8. The highest BCUT2D eigenvalue weighted by Crippen LogP contribution is 2.26. The average molecular weight is 395 g/mol. The summed E-state index contributed by atoms with van der Waals surface area (Å²) < 4.78 is 0. The standard InChI is InChI=1S/C27H26N2O/c1-4-20-12-14-21(15-13-20)19(3)28-27(30)24-17-26(22-9-7-8-18(2)16-22)29-25-11-6-5-10-23(24)25/h5-17,19H,4H2,1-3H3,(H,28,30)/t19-/m1/s1. The number of amides is 1. The Hall–Kier alpha value is -3.46. The van der Waals surface area contributed by atoms with E-state index in [4.69, 9.17) is 4.98 Å². The van der Waals surface area contributed by atoms with Crippen LogP contribution in [0.3, 0.4) is 0 Å². The number of nitrogens with zero attached hydrogens (tertiary/aromatic N) is 1. The van der Waals surface area contributed by atoms with Gasteiger partial charge in [-0.3, -0.25) is 4.79 Å². The zero-order chi connectivity index (χ0) is 21.1. The number of carbonyl (C=O) groups excluding carboxylic acids is 1. The van der Waals surface area contributed by atoms with Crippen molar-refractivity contribution in [2.45, 2.75) is 33.2 Å². The summed E-state index contributed by atoms with van der Waals surface area (Å²) in [5.41, 5.74) is 6.84. The number of aryl methyl sites for hydroxylation is 2. The second-order valence-electron chi connectivity index (χ2n) is 7.73. The highest BCUT2D eigenvalue weighted by molar-refractivity contribution is 6.07. The molecule has 0 radical (unpaired) electrons. The van der Waals surface area contributed by atoms with Gasteiger partial charge in [-0.25, -0.2) is 4.98 Å². The molecular weight excluding hydrogens is 368 g/mol. The summed E-state index contributed by atoms with van der Waals surface area (Å²) in [6, 6.07) is 26.3. The molecule has 3 nitrogen and oxygen atoms in total. The maximum Gasteiger partial charge on any atom is 0.252 e. The molecule has 1 heterocycles. The van der Waals surface area contributed by atoms with Gasteiger partial charge in [-0.1, -0.05) is 73.2 Å². The SMILES string of the molecule is CCc1ccc([C@@H](C)NC(=O)c2cc(-c3cccc(C)c3)nc3ccccc23)cc1. The molecule has 1 N–H and O–H groups in total. The summed E-state index contributed by atoms with van der Waals surface area (Å²) in [5.74, 6) is -0.0884. The number of pyridine rings is 1. The van der Waals surface area contributed by atoms with E-state index in [2.05, 4.69) is 55.6 Å². The third kappa shape index (κ3) is 4.11. The molecular formula is C27H26N2O. The predicted octanol–water partition coefficient (Wildman–Crippen LogP) is 6.26. The molecule has 0 saturated heterocycles. The maximum absolute atomic E-state index is 13.3. The van der Waals surface area contributed by atoms with Crippen LogP contribution in [-0.4, -0.2) is 10.9 Å². The normalized spacial score (nSPS) is 12.0. The summed E-state index contributed by atoms with van der Waals surface area (Å²) in [7, 11) is 0. The molecule has 0 aliphatic rings. The van der Waals surface area contributed by atoms with Crippen LogP contribution < -0.4 is 5.32 Å². The molecule has 0 unspecified atom stereocenters. The Bertz CT molecular complexity index is 1200. The smallest absolute Gasteiger partial charge is 0.252 e. The minimum Gasteiger partial charge on any atom is -0.345 e. The van der Waals surface area contributed by atoms with Crippen LogP contribution in [0, 0.1) is 6.92 Å². The van der Waals surface area contributed by atoms with Crippen LogP contribution in [0.15, 0.2) is 78.9 Å². The van der Waals surface area contributed by atoms with Gasteiger partial charge in [0.05, 0.1) is 22.8 Å². The van der Waals surface area contributed by atoms with Gasteiger partial charge in [0, 0.05) is 10.9 Å². The van der Waals surface area contributed by atoms with Gasteiger partial charge in [-0.15, -0.1) is 0 Å². The summed E-state index contributed by atoms with van der Waals surface area (Å²) >= 11 is 0. The molecule has 4 aromatic rings. The van der Waals surface area contributed by atoms with Gasteiger partial charge in [-0.05, 0) is 49.6 Å². The van der Waals surface area contributed by atoms with Gasteiger partial charge in [0.1, 0.15) is 0 Å². The summed E-state index contributed by atoms with van der Waals surface area (Å²) in [4.78, 5) is 18.1. The van der Waals surface area contributed by atoms with Crippen LogP contribution in [0.5, 0.6) is 0 Å². The molecule has 0 aliphatic carbocycles. The van der Waals surface area contributed by atoms with E-state index >= 15 is 0 Å². The van der Waals surface area contributed by atoms with Crippen molar-refractivity contribution in [1.82, 2.24) is 10.3 Å². The molecule has 4 rings (SSSR count). The van der Waals surface area contributed by atoms with Crippen molar-refractivity contribution in [2.24, 2.45) is 0 Å². The van der Waals surface area contributed by atoms with Gasteiger partial charge in [0.2, 0.25) is 0 Å². The fourth-order valence-corrected chi connectivity index (χ4v) is 3.72. The lowest BCUT2D eigenvalue weighted by atomic mass is 10.0. The van der Waals surface area contributed by atoms with E-state index in [0.29, 0.717) is 5.56 Å². The Balaban J connectivity index is 1.70. The Morgan fingerprint density at radius 2 is 1.73 bits per heavy atom. The Morgan fingerprint density at radius 1 is 0.967 bits per heavy atom. The molecule has 30 heavy (non-hydrogen) atoms. The summed E-state index contributed by atoms with van der Waals surface area (Å²) in [6.45, 7) is 6.22. The average Bonchev–Trinajstić information content (AvgIpc) is 2.78. The van der Waals surface area contributed by atoms with E-state index in [9.17, 15) is 4.79 Å². The number of fused-ring (bicyclic) bond motifs is 1. The molecule has 0 saturated carbocycles. The van der Waals surface area contributed by atoms with E-state index in [1.54, 1.807) is 0 Å². The number of benzene rings is 3. The monoisotopic (exact) mass is 394 g/mol. The molecule has 3 aromatic carbocycles. The second-order valence-corrected chi connectivity index (χ2v) is 7.73. The lowest BCUT2D eigenvalue weighted by Crippen LogP contribution is -2.27. The number of rotatable bonds is 5. The largest absolute Gasteiger partial charge is 0.345 e.